The van der Waals surface area contributed by atoms with Crippen molar-refractivity contribution in [3.63, 3.8) is 0 Å². The van der Waals surface area contributed by atoms with Gasteiger partial charge in [-0.15, -0.1) is 0 Å². The van der Waals surface area contributed by atoms with Gasteiger partial charge in [0.1, 0.15) is 18.7 Å². The van der Waals surface area contributed by atoms with Gasteiger partial charge in [-0.3, -0.25) is 24.5 Å². The number of alkyl carbamates (subject to hydrolysis) is 1. The number of hydrogen-bond acceptors (Lipinski definition) is 9. The Hall–Kier alpha value is -6.58. The van der Waals surface area contributed by atoms with Crippen LogP contribution in [0.3, 0.4) is 0 Å². The number of carboxylic acid groups (broad SMARTS) is 1. The number of nitrogens with zero attached hydrogens (tertiary/aromatic N) is 4. The second-order valence-electron chi connectivity index (χ2n) is 14.4. The number of hydrogen-bond donors (Lipinski definition) is 4. The van der Waals surface area contributed by atoms with Crippen molar-refractivity contribution in [1.29, 1.82) is 0 Å². The number of non-ortho nitro benzene ring substituents is 1. The molecule has 0 aliphatic carbocycles. The normalized spacial score (nSPS) is 17.4. The van der Waals surface area contributed by atoms with Gasteiger partial charge in [0.25, 0.3) is 5.69 Å². The lowest BCUT2D eigenvalue weighted by atomic mass is 9.71. The van der Waals surface area contributed by atoms with E-state index in [1.165, 1.54) is 30.6 Å². The fourth-order valence-electron chi connectivity index (χ4n) is 7.58. The maximum absolute atomic E-state index is 14.2. The molecule has 16 nitrogen and oxygen atoms in total. The van der Waals surface area contributed by atoms with Crippen molar-refractivity contribution in [3.05, 3.63) is 130 Å². The molecule has 0 radical (unpaired) electrons. The van der Waals surface area contributed by atoms with Crippen molar-refractivity contribution >= 4 is 35.5 Å². The van der Waals surface area contributed by atoms with E-state index < -0.39 is 46.3 Å². The maximum atomic E-state index is 14.2. The summed E-state index contributed by atoms with van der Waals surface area (Å²) in [7, 11) is 0. The van der Waals surface area contributed by atoms with Crippen molar-refractivity contribution in [2.75, 3.05) is 26.2 Å². The predicted octanol–water partition coefficient (Wildman–Crippen LogP) is 3.77. The summed E-state index contributed by atoms with van der Waals surface area (Å²) in [4.78, 5) is 88.3. The Morgan fingerprint density at radius 1 is 0.877 bits per heavy atom. The van der Waals surface area contributed by atoms with Gasteiger partial charge in [-0.1, -0.05) is 72.8 Å². The molecule has 57 heavy (non-hydrogen) atoms. The van der Waals surface area contributed by atoms with Crippen LogP contribution < -0.4 is 10.6 Å². The molecule has 3 atom stereocenters. The third kappa shape index (κ3) is 10.00. The highest BCUT2D eigenvalue weighted by molar-refractivity contribution is 5.92. The molecule has 3 heterocycles. The maximum Gasteiger partial charge on any atom is 0.408 e. The Bertz CT molecular complexity index is 2020. The summed E-state index contributed by atoms with van der Waals surface area (Å²) < 4.78 is 5.40. The number of benzene rings is 3. The molecule has 3 aromatic carbocycles. The molecule has 2 saturated heterocycles. The van der Waals surface area contributed by atoms with Gasteiger partial charge in [0.2, 0.25) is 17.7 Å². The summed E-state index contributed by atoms with van der Waals surface area (Å²) in [6, 6.07) is 21.5. The van der Waals surface area contributed by atoms with Gasteiger partial charge in [-0.25, -0.2) is 14.6 Å². The Labute approximate surface area is 328 Å². The highest BCUT2D eigenvalue weighted by Crippen LogP contribution is 2.37. The SMILES string of the molecule is O=C(N[C@@H](Cc1cnc[nH]1)C(=O)N1CCCC(C(=O)N2CCC(C(=O)N[C@@H](Cc3ccc([N+](=O)[O-])cc3)C(=O)O)(c3ccccc3)CC2)C1)OCc1ccccc1. The smallest absolute Gasteiger partial charge is 0.408 e. The fraction of sp³-hybridized carbons (Fsp3) is 0.366. The monoisotopic (exact) mass is 779 g/mol. The summed E-state index contributed by atoms with van der Waals surface area (Å²) in [5, 5.41) is 26.6. The number of aromatic amines is 1. The number of nitro benzene ring substituents is 1. The number of imidazole rings is 1. The van der Waals surface area contributed by atoms with Crippen LogP contribution in [0.25, 0.3) is 0 Å². The molecule has 2 aliphatic heterocycles. The lowest BCUT2D eigenvalue weighted by molar-refractivity contribution is -0.384. The van der Waals surface area contributed by atoms with Crippen molar-refractivity contribution in [1.82, 2.24) is 30.4 Å². The quantitative estimate of drug-likeness (QED) is 0.107. The van der Waals surface area contributed by atoms with E-state index in [4.69, 9.17) is 4.74 Å². The second kappa shape index (κ2) is 18.4. The Morgan fingerprint density at radius 2 is 1.56 bits per heavy atom. The predicted molar refractivity (Wildman–Crippen MR) is 205 cm³/mol. The number of rotatable bonds is 14. The minimum atomic E-state index is -1.30. The zero-order valence-electron chi connectivity index (χ0n) is 31.2. The number of nitrogens with one attached hydrogen (secondary N) is 3. The molecule has 0 bridgehead atoms. The van der Waals surface area contributed by atoms with E-state index in [-0.39, 0.29) is 69.4 Å². The molecule has 4 amide bonds. The van der Waals surface area contributed by atoms with Gasteiger partial charge < -0.3 is 35.3 Å². The lowest BCUT2D eigenvalue weighted by Gasteiger charge is -2.43. The largest absolute Gasteiger partial charge is 0.480 e. The zero-order chi connectivity index (χ0) is 40.4. The first-order valence-electron chi connectivity index (χ1n) is 18.9. The first-order chi connectivity index (χ1) is 27.5. The van der Waals surface area contributed by atoms with E-state index >= 15 is 0 Å². The Kier molecular flexibility index (Phi) is 12.9. The third-order valence-corrected chi connectivity index (χ3v) is 10.7. The van der Waals surface area contributed by atoms with Crippen LogP contribution in [0, 0.1) is 16.0 Å². The number of ether oxygens (including phenoxy) is 1. The highest BCUT2D eigenvalue weighted by Gasteiger charge is 2.46. The summed E-state index contributed by atoms with van der Waals surface area (Å²) in [5.41, 5.74) is 1.38. The van der Waals surface area contributed by atoms with Crippen molar-refractivity contribution in [3.8, 4) is 0 Å². The number of carbonyl (C=O) groups excluding carboxylic acids is 4. The molecule has 298 valence electrons. The number of H-pyrrole nitrogens is 1. The Balaban J connectivity index is 1.10. The van der Waals surface area contributed by atoms with Crippen LogP contribution in [0.1, 0.15) is 48.1 Å². The fourth-order valence-corrected chi connectivity index (χ4v) is 7.58. The number of aromatic nitrogens is 2. The van der Waals surface area contributed by atoms with E-state index in [1.807, 2.05) is 48.5 Å². The molecule has 2 aliphatic rings. The van der Waals surface area contributed by atoms with Gasteiger partial charge in [0.15, 0.2) is 0 Å². The van der Waals surface area contributed by atoms with E-state index in [0.717, 1.165) is 5.56 Å². The molecule has 0 saturated carbocycles. The number of nitro groups is 1. The topological polar surface area (TPSA) is 217 Å². The van der Waals surface area contributed by atoms with Crippen LogP contribution in [0.2, 0.25) is 0 Å². The third-order valence-electron chi connectivity index (χ3n) is 10.7. The second-order valence-corrected chi connectivity index (χ2v) is 14.4. The van der Waals surface area contributed by atoms with E-state index in [2.05, 4.69) is 20.6 Å². The van der Waals surface area contributed by atoms with Crippen LogP contribution in [0.15, 0.2) is 97.5 Å². The molecular formula is C41H45N7O9. The summed E-state index contributed by atoms with van der Waals surface area (Å²) in [5.74, 6) is -2.73. The molecule has 4 aromatic rings. The minimum Gasteiger partial charge on any atom is -0.480 e. The first-order valence-corrected chi connectivity index (χ1v) is 18.9. The standard InChI is InChI=1S/C41H45N7O9/c49-36(30-10-7-19-47(25-30)37(50)34(23-32-24-42-27-43-32)45-40(54)57-26-29-8-3-1-4-9-29)46-20-17-41(18-21-46,31-11-5-2-6-12-31)39(53)44-35(38(51)52)22-28-13-15-33(16-14-28)48(55)56/h1-6,8-9,11-16,24,27,30,34-35H,7,10,17-23,25-26H2,(H,42,43)(H,44,53)(H,45,54)(H,51,52)/t30?,34-,35-/m0/s1. The summed E-state index contributed by atoms with van der Waals surface area (Å²) >= 11 is 0. The molecule has 16 heteroatoms. The Morgan fingerprint density at radius 3 is 2.19 bits per heavy atom. The number of piperidine rings is 2. The van der Waals surface area contributed by atoms with Crippen LogP contribution in [-0.4, -0.2) is 97.8 Å². The van der Waals surface area contributed by atoms with Gasteiger partial charge in [-0.2, -0.15) is 0 Å². The number of likely N-dealkylation sites (tertiary alicyclic amines) is 2. The van der Waals surface area contributed by atoms with Crippen LogP contribution in [0.4, 0.5) is 10.5 Å². The summed E-state index contributed by atoms with van der Waals surface area (Å²) in [6.45, 7) is 1.04. The molecule has 4 N–H and O–H groups in total. The van der Waals surface area contributed by atoms with Gasteiger partial charge >= 0.3 is 12.1 Å². The minimum absolute atomic E-state index is 0.0311. The van der Waals surface area contributed by atoms with Crippen molar-refractivity contribution < 1.29 is 38.7 Å². The summed E-state index contributed by atoms with van der Waals surface area (Å²) in [6.07, 6.45) is 3.97. The number of carboxylic acids is 1. The average molecular weight is 780 g/mol. The average Bonchev–Trinajstić information content (AvgIpc) is 3.76. The van der Waals surface area contributed by atoms with Crippen LogP contribution >= 0.6 is 0 Å². The van der Waals surface area contributed by atoms with Crippen molar-refractivity contribution in [2.24, 2.45) is 5.92 Å². The van der Waals surface area contributed by atoms with Gasteiger partial charge in [0, 0.05) is 63.0 Å². The van der Waals surface area contributed by atoms with E-state index in [1.54, 1.807) is 28.1 Å². The molecule has 2 fully saturated rings. The molecule has 0 spiro atoms. The van der Waals surface area contributed by atoms with Gasteiger partial charge in [-0.05, 0) is 42.4 Å². The molecule has 1 aromatic heterocycles. The molecule has 1 unspecified atom stereocenters. The number of amides is 4. The van der Waals surface area contributed by atoms with Crippen molar-refractivity contribution in [2.45, 2.75) is 62.6 Å². The van der Waals surface area contributed by atoms with E-state index in [9.17, 15) is 39.2 Å². The zero-order valence-corrected chi connectivity index (χ0v) is 31.2. The first kappa shape index (κ1) is 40.1. The van der Waals surface area contributed by atoms with Crippen LogP contribution in [0.5, 0.6) is 0 Å². The molecule has 6 rings (SSSR count). The van der Waals surface area contributed by atoms with Crippen LogP contribution in [-0.2, 0) is 48.8 Å². The molecular weight excluding hydrogens is 734 g/mol. The number of aliphatic carboxylic acids is 1. The van der Waals surface area contributed by atoms with Gasteiger partial charge in [0.05, 0.1) is 22.6 Å². The lowest BCUT2D eigenvalue weighted by Crippen LogP contribution is -2.57. The highest BCUT2D eigenvalue weighted by atomic mass is 16.6. The van der Waals surface area contributed by atoms with E-state index in [0.29, 0.717) is 36.2 Å². The number of carbonyl (C=O) groups is 5.